The summed E-state index contributed by atoms with van der Waals surface area (Å²) in [6.45, 7) is 23.9. The topological polar surface area (TPSA) is 52.6 Å². The molecule has 0 N–H and O–H groups in total. The van der Waals surface area contributed by atoms with Crippen LogP contribution in [0.4, 0.5) is 0 Å². The van der Waals surface area contributed by atoms with Gasteiger partial charge in [0, 0.05) is 24.2 Å². The summed E-state index contributed by atoms with van der Waals surface area (Å²) in [6.07, 6.45) is 14.6. The maximum absolute atomic E-state index is 13.2. The Morgan fingerprint density at radius 2 is 1.38 bits per heavy atom. The van der Waals surface area contributed by atoms with Gasteiger partial charge in [-0.05, 0) is 104 Å². The fraction of sp³-hybridized carbons (Fsp3) is 0.947. The maximum Gasteiger partial charge on any atom is 0.306 e. The van der Waals surface area contributed by atoms with E-state index in [-0.39, 0.29) is 45.8 Å². The lowest BCUT2D eigenvalue weighted by atomic mass is 9.35. The second-order valence-electron chi connectivity index (χ2n) is 17.1. The molecular formula is C38H66O4. The summed E-state index contributed by atoms with van der Waals surface area (Å²) in [6, 6.07) is 0. The standard InChI is InChI=1S/C38H66O4/c1-11-14-32(39)41-28-24-30-36(8)21-20-31(42-33(40)15-12-2)35(6,7)29(36)19-23-37(30,9)38(10)22-18-27(34(28)38)26(5)17-13-16-25(3)4/h25-31,34H,11-24H2,1-10H3/t26-,27-,28-,29+,30-,31+,34+,36+,37-,38-/m1/s1. The van der Waals surface area contributed by atoms with Crippen LogP contribution in [0, 0.1) is 57.2 Å². The summed E-state index contributed by atoms with van der Waals surface area (Å²) >= 11 is 0. The monoisotopic (exact) mass is 586 g/mol. The molecule has 42 heavy (non-hydrogen) atoms. The van der Waals surface area contributed by atoms with Crippen LogP contribution in [0.2, 0.25) is 0 Å². The van der Waals surface area contributed by atoms with E-state index >= 15 is 0 Å². The van der Waals surface area contributed by atoms with Crippen LogP contribution in [0.5, 0.6) is 0 Å². The van der Waals surface area contributed by atoms with Crippen molar-refractivity contribution in [3.8, 4) is 0 Å². The van der Waals surface area contributed by atoms with Gasteiger partial charge in [0.15, 0.2) is 0 Å². The zero-order chi connectivity index (χ0) is 31.1. The quantitative estimate of drug-likeness (QED) is 0.226. The van der Waals surface area contributed by atoms with Crippen LogP contribution in [0.3, 0.4) is 0 Å². The van der Waals surface area contributed by atoms with Gasteiger partial charge < -0.3 is 9.47 Å². The molecule has 0 amide bonds. The average molecular weight is 587 g/mol. The Kier molecular flexibility index (Phi) is 10.3. The van der Waals surface area contributed by atoms with Crippen LogP contribution >= 0.6 is 0 Å². The first-order valence-corrected chi connectivity index (χ1v) is 18.0. The number of hydrogen-bond acceptors (Lipinski definition) is 4. The van der Waals surface area contributed by atoms with Crippen molar-refractivity contribution in [2.24, 2.45) is 57.2 Å². The zero-order valence-electron chi connectivity index (χ0n) is 29.2. The lowest BCUT2D eigenvalue weighted by Gasteiger charge is -2.70. The second kappa shape index (κ2) is 12.7. The Balaban J connectivity index is 1.66. The highest BCUT2D eigenvalue weighted by molar-refractivity contribution is 5.70. The summed E-state index contributed by atoms with van der Waals surface area (Å²) in [5.41, 5.74) is 0.485. The van der Waals surface area contributed by atoms with Crippen LogP contribution < -0.4 is 0 Å². The first kappa shape index (κ1) is 33.8. The third-order valence-corrected chi connectivity index (χ3v) is 14.0. The van der Waals surface area contributed by atoms with E-state index < -0.39 is 0 Å². The molecule has 0 radical (unpaired) electrons. The smallest absolute Gasteiger partial charge is 0.306 e. The van der Waals surface area contributed by atoms with Crippen molar-refractivity contribution in [2.75, 3.05) is 0 Å². The minimum Gasteiger partial charge on any atom is -0.462 e. The van der Waals surface area contributed by atoms with Crippen molar-refractivity contribution in [1.82, 2.24) is 0 Å². The summed E-state index contributed by atoms with van der Waals surface area (Å²) < 4.78 is 12.8. The largest absolute Gasteiger partial charge is 0.462 e. The molecule has 4 fully saturated rings. The molecule has 4 rings (SSSR count). The molecule has 10 atom stereocenters. The minimum atomic E-state index is -0.0625. The normalized spacial score (nSPS) is 41.4. The van der Waals surface area contributed by atoms with Crippen LogP contribution in [0.1, 0.15) is 159 Å². The number of carbonyl (C=O) groups is 2. The van der Waals surface area contributed by atoms with Crippen molar-refractivity contribution in [2.45, 2.75) is 171 Å². The Morgan fingerprint density at radius 3 is 2.00 bits per heavy atom. The van der Waals surface area contributed by atoms with Crippen molar-refractivity contribution in [1.29, 1.82) is 0 Å². The summed E-state index contributed by atoms with van der Waals surface area (Å²) in [4.78, 5) is 25.8. The predicted octanol–water partition coefficient (Wildman–Crippen LogP) is 10.2. The highest BCUT2D eigenvalue weighted by Gasteiger charge is 2.71. The van der Waals surface area contributed by atoms with Gasteiger partial charge in [-0.15, -0.1) is 0 Å². The number of esters is 2. The Morgan fingerprint density at radius 1 is 0.762 bits per heavy atom. The molecule has 0 saturated heterocycles. The highest BCUT2D eigenvalue weighted by Crippen LogP contribution is 2.76. The van der Waals surface area contributed by atoms with E-state index in [1.165, 1.54) is 44.9 Å². The van der Waals surface area contributed by atoms with Gasteiger partial charge in [-0.25, -0.2) is 0 Å². The van der Waals surface area contributed by atoms with Crippen LogP contribution in [0.25, 0.3) is 0 Å². The number of rotatable bonds is 11. The van der Waals surface area contributed by atoms with E-state index in [0.29, 0.717) is 42.4 Å². The Hall–Kier alpha value is -1.06. The SMILES string of the molecule is CCCC(=O)O[C@H]1CC[C@]2(C)[C@H]3C[C@@H](OC(=O)CCC)[C@@H]4[C@@H]([C@H](C)CCCC(C)C)CC[C@@]4(C)[C@]3(C)CC[C@H]2C1(C)C. The van der Waals surface area contributed by atoms with Crippen LogP contribution in [0.15, 0.2) is 0 Å². The molecule has 0 aromatic heterocycles. The van der Waals surface area contributed by atoms with E-state index in [2.05, 4.69) is 62.3 Å². The van der Waals surface area contributed by atoms with E-state index in [1.54, 1.807) is 0 Å². The summed E-state index contributed by atoms with van der Waals surface area (Å²) in [5.74, 6) is 3.49. The Labute approximate surface area is 259 Å². The molecule has 4 aliphatic carbocycles. The van der Waals surface area contributed by atoms with Gasteiger partial charge in [-0.2, -0.15) is 0 Å². The van der Waals surface area contributed by atoms with Gasteiger partial charge in [0.1, 0.15) is 12.2 Å². The molecule has 0 heterocycles. The zero-order valence-corrected chi connectivity index (χ0v) is 29.2. The molecular weight excluding hydrogens is 520 g/mol. The summed E-state index contributed by atoms with van der Waals surface area (Å²) in [5, 5.41) is 0. The van der Waals surface area contributed by atoms with Crippen molar-refractivity contribution < 1.29 is 19.1 Å². The molecule has 242 valence electrons. The molecule has 4 heteroatoms. The molecule has 0 spiro atoms. The van der Waals surface area contributed by atoms with Gasteiger partial charge in [-0.3, -0.25) is 9.59 Å². The molecule has 4 aliphatic rings. The lowest BCUT2D eigenvalue weighted by molar-refractivity contribution is -0.249. The third kappa shape index (κ3) is 5.84. The lowest BCUT2D eigenvalue weighted by Crippen LogP contribution is -2.66. The van der Waals surface area contributed by atoms with E-state index in [1.807, 2.05) is 6.92 Å². The average Bonchev–Trinajstić information content (AvgIpc) is 3.26. The first-order valence-electron chi connectivity index (χ1n) is 18.0. The molecule has 4 nitrogen and oxygen atoms in total. The van der Waals surface area contributed by atoms with Gasteiger partial charge in [-0.1, -0.05) is 88.5 Å². The fourth-order valence-electron chi connectivity index (χ4n) is 11.6. The van der Waals surface area contributed by atoms with Gasteiger partial charge in [0.2, 0.25) is 0 Å². The molecule has 0 aliphatic heterocycles. The molecule has 0 aromatic carbocycles. The fourth-order valence-corrected chi connectivity index (χ4v) is 11.6. The maximum atomic E-state index is 13.2. The Bertz CT molecular complexity index is 955. The third-order valence-electron chi connectivity index (χ3n) is 14.0. The van der Waals surface area contributed by atoms with Crippen molar-refractivity contribution >= 4 is 11.9 Å². The molecule has 4 saturated carbocycles. The van der Waals surface area contributed by atoms with Gasteiger partial charge >= 0.3 is 11.9 Å². The first-order chi connectivity index (χ1) is 19.7. The number of hydrogen-bond donors (Lipinski definition) is 0. The number of fused-ring (bicyclic) bond motifs is 5. The van der Waals surface area contributed by atoms with E-state index in [4.69, 9.17) is 9.47 Å². The predicted molar refractivity (Wildman–Crippen MR) is 172 cm³/mol. The van der Waals surface area contributed by atoms with Crippen LogP contribution in [-0.4, -0.2) is 24.1 Å². The van der Waals surface area contributed by atoms with Crippen molar-refractivity contribution in [3.63, 3.8) is 0 Å². The minimum absolute atomic E-state index is 0.00774. The molecule has 0 aromatic rings. The second-order valence-corrected chi connectivity index (χ2v) is 17.1. The van der Waals surface area contributed by atoms with Crippen molar-refractivity contribution in [3.05, 3.63) is 0 Å². The summed E-state index contributed by atoms with van der Waals surface area (Å²) in [7, 11) is 0. The van der Waals surface area contributed by atoms with Crippen LogP contribution in [-0.2, 0) is 19.1 Å². The number of carbonyl (C=O) groups excluding carboxylic acids is 2. The van der Waals surface area contributed by atoms with Gasteiger partial charge in [0.25, 0.3) is 0 Å². The van der Waals surface area contributed by atoms with E-state index in [0.717, 1.165) is 38.0 Å². The highest BCUT2D eigenvalue weighted by atomic mass is 16.5. The number of ether oxygens (including phenoxy) is 2. The molecule has 0 bridgehead atoms. The molecule has 0 unspecified atom stereocenters. The van der Waals surface area contributed by atoms with Gasteiger partial charge in [0.05, 0.1) is 0 Å². The van der Waals surface area contributed by atoms with E-state index in [9.17, 15) is 9.59 Å².